The number of nitro benzene ring substituents is 1. The lowest BCUT2D eigenvalue weighted by molar-refractivity contribution is -0.383. The fraction of sp³-hybridized carbons (Fsp3) is 0.0714. The summed E-state index contributed by atoms with van der Waals surface area (Å²) in [6.07, 6.45) is 3.15. The van der Waals surface area contributed by atoms with Crippen molar-refractivity contribution in [3.05, 3.63) is 64.6 Å². The highest BCUT2D eigenvalue weighted by atomic mass is 16.6. The number of nitrogens with one attached hydrogen (secondary N) is 1. The Kier molecular flexibility index (Phi) is 3.38. The number of anilines is 1. The van der Waals surface area contributed by atoms with Gasteiger partial charge in [-0.1, -0.05) is 0 Å². The first-order chi connectivity index (χ1) is 10.3. The van der Waals surface area contributed by atoms with Gasteiger partial charge in [0, 0.05) is 29.5 Å². The molecule has 0 saturated carbocycles. The Bertz CT molecular complexity index is 792. The molecule has 0 fully saturated rings. The first kappa shape index (κ1) is 12.9. The van der Waals surface area contributed by atoms with Gasteiger partial charge in [-0.2, -0.15) is 10.2 Å². The highest BCUT2D eigenvalue weighted by Crippen LogP contribution is 2.29. The molecule has 2 heterocycles. The summed E-state index contributed by atoms with van der Waals surface area (Å²) in [4.78, 5) is 14.7. The molecule has 0 unspecified atom stereocenters. The molecule has 21 heavy (non-hydrogen) atoms. The van der Waals surface area contributed by atoms with E-state index in [1.54, 1.807) is 36.7 Å². The molecular formula is C14H11N5O2. The number of hydrogen-bond acceptors (Lipinski definition) is 6. The molecule has 104 valence electrons. The van der Waals surface area contributed by atoms with Gasteiger partial charge in [0.05, 0.1) is 17.2 Å². The van der Waals surface area contributed by atoms with Crippen LogP contribution in [0.5, 0.6) is 0 Å². The predicted octanol–water partition coefficient (Wildman–Crippen LogP) is 2.55. The van der Waals surface area contributed by atoms with E-state index in [1.807, 2.05) is 6.07 Å². The minimum absolute atomic E-state index is 0.00403. The topological polar surface area (TPSA) is 93.8 Å². The normalized spacial score (nSPS) is 10.5. The molecule has 2 aromatic heterocycles. The van der Waals surface area contributed by atoms with Crippen LogP contribution >= 0.6 is 0 Å². The highest BCUT2D eigenvalue weighted by molar-refractivity contribution is 5.96. The van der Waals surface area contributed by atoms with Gasteiger partial charge < -0.3 is 5.32 Å². The Morgan fingerprint density at radius 3 is 2.76 bits per heavy atom. The van der Waals surface area contributed by atoms with Crippen LogP contribution in [0.1, 0.15) is 5.69 Å². The van der Waals surface area contributed by atoms with Crippen molar-refractivity contribution in [1.29, 1.82) is 0 Å². The van der Waals surface area contributed by atoms with Crippen LogP contribution in [0.3, 0.4) is 0 Å². The quantitative estimate of drug-likeness (QED) is 0.583. The molecule has 0 radical (unpaired) electrons. The molecule has 3 aromatic rings. The minimum atomic E-state index is -0.429. The molecule has 1 N–H and O–H groups in total. The first-order valence-electron chi connectivity index (χ1n) is 6.28. The van der Waals surface area contributed by atoms with Gasteiger partial charge >= 0.3 is 0 Å². The van der Waals surface area contributed by atoms with Crippen LogP contribution in [0.4, 0.5) is 11.4 Å². The Morgan fingerprint density at radius 1 is 1.14 bits per heavy atom. The molecule has 0 amide bonds. The summed E-state index contributed by atoms with van der Waals surface area (Å²) < 4.78 is 0. The molecule has 0 aliphatic heterocycles. The van der Waals surface area contributed by atoms with Gasteiger partial charge in [0.25, 0.3) is 5.69 Å². The molecule has 0 aliphatic carbocycles. The number of benzene rings is 1. The predicted molar refractivity (Wildman–Crippen MR) is 77.8 cm³/mol. The van der Waals surface area contributed by atoms with Gasteiger partial charge in [0.1, 0.15) is 5.52 Å². The lowest BCUT2D eigenvalue weighted by Gasteiger charge is -2.09. The number of hydrogen-bond donors (Lipinski definition) is 1. The zero-order valence-corrected chi connectivity index (χ0v) is 10.9. The molecule has 7 nitrogen and oxygen atoms in total. The second kappa shape index (κ2) is 5.49. The Labute approximate surface area is 119 Å². The average molecular weight is 281 g/mol. The van der Waals surface area contributed by atoms with Gasteiger partial charge in [-0.05, 0) is 30.3 Å². The molecule has 0 spiro atoms. The summed E-state index contributed by atoms with van der Waals surface area (Å²) in [7, 11) is 0. The van der Waals surface area contributed by atoms with Crippen molar-refractivity contribution in [1.82, 2.24) is 15.2 Å². The smallest absolute Gasteiger partial charge is 0.295 e. The largest absolute Gasteiger partial charge is 0.379 e. The lowest BCUT2D eigenvalue weighted by Crippen LogP contribution is -2.03. The molecule has 0 saturated heterocycles. The number of rotatable bonds is 4. The van der Waals surface area contributed by atoms with E-state index in [0.29, 0.717) is 17.4 Å². The Balaban J connectivity index is 1.96. The fourth-order valence-electron chi connectivity index (χ4n) is 2.07. The zero-order chi connectivity index (χ0) is 14.7. The van der Waals surface area contributed by atoms with Crippen molar-refractivity contribution in [3.63, 3.8) is 0 Å². The maximum absolute atomic E-state index is 11.0. The standard InChI is InChI=1S/C14H11N5O2/c20-19(21)13-6-5-12(11-4-2-7-15-14(11)13)16-9-10-3-1-8-17-18-10/h1-8,16H,9H2. The molecule has 1 aromatic carbocycles. The van der Waals surface area contributed by atoms with Crippen LogP contribution in [0.15, 0.2) is 48.8 Å². The summed E-state index contributed by atoms with van der Waals surface area (Å²) in [6.45, 7) is 0.482. The monoisotopic (exact) mass is 281 g/mol. The molecule has 0 bridgehead atoms. The van der Waals surface area contributed by atoms with E-state index in [-0.39, 0.29) is 5.69 Å². The van der Waals surface area contributed by atoms with Crippen molar-refractivity contribution in [2.45, 2.75) is 6.54 Å². The maximum atomic E-state index is 11.0. The van der Waals surface area contributed by atoms with E-state index in [2.05, 4.69) is 20.5 Å². The maximum Gasteiger partial charge on any atom is 0.295 e. The van der Waals surface area contributed by atoms with Crippen LogP contribution in [0.2, 0.25) is 0 Å². The second-order valence-corrected chi connectivity index (χ2v) is 4.36. The minimum Gasteiger partial charge on any atom is -0.379 e. The molecule has 0 atom stereocenters. The Morgan fingerprint density at radius 2 is 2.00 bits per heavy atom. The van der Waals surface area contributed by atoms with E-state index in [1.165, 1.54) is 6.07 Å². The highest BCUT2D eigenvalue weighted by Gasteiger charge is 2.15. The molecular weight excluding hydrogens is 270 g/mol. The molecule has 0 aliphatic rings. The third-order valence-electron chi connectivity index (χ3n) is 3.03. The zero-order valence-electron chi connectivity index (χ0n) is 10.9. The first-order valence-corrected chi connectivity index (χ1v) is 6.28. The van der Waals surface area contributed by atoms with Gasteiger partial charge in [-0.25, -0.2) is 4.98 Å². The van der Waals surface area contributed by atoms with E-state index < -0.39 is 4.92 Å². The number of non-ortho nitro benzene ring substituents is 1. The average Bonchev–Trinajstić information content (AvgIpc) is 2.53. The van der Waals surface area contributed by atoms with Crippen molar-refractivity contribution < 1.29 is 4.92 Å². The number of nitrogens with zero attached hydrogens (tertiary/aromatic N) is 4. The number of nitro groups is 1. The van der Waals surface area contributed by atoms with Crippen LogP contribution in [-0.4, -0.2) is 20.1 Å². The van der Waals surface area contributed by atoms with Crippen molar-refractivity contribution >= 4 is 22.3 Å². The summed E-state index contributed by atoms with van der Waals surface area (Å²) >= 11 is 0. The summed E-state index contributed by atoms with van der Waals surface area (Å²) in [5.74, 6) is 0. The fourth-order valence-corrected chi connectivity index (χ4v) is 2.07. The van der Waals surface area contributed by atoms with E-state index in [9.17, 15) is 10.1 Å². The number of pyridine rings is 1. The molecule has 3 rings (SSSR count). The van der Waals surface area contributed by atoms with Crippen LogP contribution < -0.4 is 5.32 Å². The molecule has 7 heteroatoms. The third-order valence-corrected chi connectivity index (χ3v) is 3.03. The van der Waals surface area contributed by atoms with Crippen molar-refractivity contribution in [2.75, 3.05) is 5.32 Å². The SMILES string of the molecule is O=[N+]([O-])c1ccc(NCc2cccnn2)c2cccnc12. The van der Waals surface area contributed by atoms with Gasteiger partial charge in [0.2, 0.25) is 0 Å². The van der Waals surface area contributed by atoms with Gasteiger partial charge in [0.15, 0.2) is 0 Å². The van der Waals surface area contributed by atoms with Crippen LogP contribution in [0, 0.1) is 10.1 Å². The van der Waals surface area contributed by atoms with Crippen LogP contribution in [0.25, 0.3) is 10.9 Å². The Hall–Kier alpha value is -3.09. The van der Waals surface area contributed by atoms with Crippen molar-refractivity contribution in [3.8, 4) is 0 Å². The number of fused-ring (bicyclic) bond motifs is 1. The van der Waals surface area contributed by atoms with E-state index in [0.717, 1.165) is 11.4 Å². The van der Waals surface area contributed by atoms with Crippen molar-refractivity contribution in [2.24, 2.45) is 0 Å². The summed E-state index contributed by atoms with van der Waals surface area (Å²) in [5, 5.41) is 22.7. The second-order valence-electron chi connectivity index (χ2n) is 4.36. The van der Waals surface area contributed by atoms with E-state index in [4.69, 9.17) is 0 Å². The lowest BCUT2D eigenvalue weighted by atomic mass is 10.1. The van der Waals surface area contributed by atoms with Gasteiger partial charge in [-0.3, -0.25) is 10.1 Å². The van der Waals surface area contributed by atoms with E-state index >= 15 is 0 Å². The number of aromatic nitrogens is 3. The van der Waals surface area contributed by atoms with Gasteiger partial charge in [-0.15, -0.1) is 0 Å². The van der Waals surface area contributed by atoms with Crippen LogP contribution in [-0.2, 0) is 6.54 Å². The third kappa shape index (κ3) is 2.62. The summed E-state index contributed by atoms with van der Waals surface area (Å²) in [6, 6.07) is 10.3. The summed E-state index contributed by atoms with van der Waals surface area (Å²) in [5.41, 5.74) is 1.92.